The molecular weight excluding hydrogens is 395 g/mol. The highest BCUT2D eigenvalue weighted by atomic mass is 19.4. The van der Waals surface area contributed by atoms with E-state index in [0.29, 0.717) is 12.4 Å². The lowest BCUT2D eigenvalue weighted by molar-refractivity contribution is -0.189. The summed E-state index contributed by atoms with van der Waals surface area (Å²) >= 11 is 0. The third-order valence-electron chi connectivity index (χ3n) is 4.71. The predicted molar refractivity (Wildman–Crippen MR) is 93.0 cm³/mol. The molecule has 0 amide bonds. The number of alkyl halides is 3. The highest BCUT2D eigenvalue weighted by molar-refractivity contribution is 5.88. The van der Waals surface area contributed by atoms with Crippen molar-refractivity contribution in [3.05, 3.63) is 34.6 Å². The molecule has 1 saturated heterocycles. The lowest BCUT2D eigenvalue weighted by atomic mass is 10.1. The Hall–Kier alpha value is -3.15. The molecule has 29 heavy (non-hydrogen) atoms. The van der Waals surface area contributed by atoms with E-state index in [1.165, 1.54) is 22.8 Å². The molecule has 154 valence electrons. The fraction of sp³-hybridized carbons (Fsp3) is 0.412. The van der Waals surface area contributed by atoms with Gasteiger partial charge in [-0.3, -0.25) is 4.57 Å². The summed E-state index contributed by atoms with van der Waals surface area (Å²) in [4.78, 5) is 28.5. The van der Waals surface area contributed by atoms with Gasteiger partial charge in [-0.05, 0) is 37.2 Å². The van der Waals surface area contributed by atoms with Crippen LogP contribution in [0.25, 0.3) is 17.0 Å². The van der Waals surface area contributed by atoms with Crippen molar-refractivity contribution in [3.63, 3.8) is 0 Å². The van der Waals surface area contributed by atoms with Crippen LogP contribution >= 0.6 is 0 Å². The summed E-state index contributed by atoms with van der Waals surface area (Å²) in [5.41, 5.74) is -0.359. The second kappa shape index (κ2) is 7.03. The minimum atomic E-state index is -5.19. The van der Waals surface area contributed by atoms with Crippen LogP contribution in [0.4, 0.5) is 13.2 Å². The lowest BCUT2D eigenvalue weighted by Crippen LogP contribution is -2.28. The van der Waals surface area contributed by atoms with E-state index >= 15 is 0 Å². The predicted octanol–water partition coefficient (Wildman–Crippen LogP) is 1.74. The van der Waals surface area contributed by atoms with Gasteiger partial charge < -0.3 is 14.6 Å². The van der Waals surface area contributed by atoms with E-state index in [1.807, 2.05) is 0 Å². The van der Waals surface area contributed by atoms with Gasteiger partial charge in [-0.1, -0.05) is 6.07 Å². The van der Waals surface area contributed by atoms with E-state index in [0.717, 1.165) is 17.5 Å². The molecule has 12 heteroatoms. The smallest absolute Gasteiger partial charge is 0.418 e. The van der Waals surface area contributed by atoms with Crippen molar-refractivity contribution >= 4 is 17.0 Å². The van der Waals surface area contributed by atoms with E-state index in [1.54, 1.807) is 6.92 Å². The minimum Gasteiger partial charge on any atom is -0.418 e. The maximum absolute atomic E-state index is 12.9. The molecule has 1 aliphatic rings. The first kappa shape index (κ1) is 19.2. The minimum absolute atomic E-state index is 0.0194. The van der Waals surface area contributed by atoms with E-state index in [2.05, 4.69) is 20.2 Å². The number of ether oxygens (including phenoxy) is 1. The molecule has 9 nitrogen and oxygen atoms in total. The van der Waals surface area contributed by atoms with Crippen LogP contribution in [0.1, 0.15) is 25.2 Å². The number of aryl methyl sites for hydroxylation is 1. The summed E-state index contributed by atoms with van der Waals surface area (Å²) in [7, 11) is 0. The Morgan fingerprint density at radius 3 is 2.86 bits per heavy atom. The Morgan fingerprint density at radius 2 is 2.21 bits per heavy atom. The number of carbonyl (C=O) groups is 1. The molecule has 3 aromatic rings. The highest BCUT2D eigenvalue weighted by Crippen LogP contribution is 2.30. The average Bonchev–Trinajstić information content (AvgIpc) is 3.39. The van der Waals surface area contributed by atoms with Crippen molar-refractivity contribution in [2.24, 2.45) is 0 Å². The van der Waals surface area contributed by atoms with Gasteiger partial charge in [-0.25, -0.2) is 14.2 Å². The molecule has 1 fully saturated rings. The molecule has 1 N–H and O–H groups in total. The van der Waals surface area contributed by atoms with Crippen molar-refractivity contribution in [2.45, 2.75) is 32.0 Å². The SMILES string of the molecule is CCn1c(=O)n(-c2noc(C3CCNC3)n2)c2c(OC(=O)C(F)(F)F)cccc21. The molecule has 3 heterocycles. The van der Waals surface area contributed by atoms with Gasteiger partial charge in [0.05, 0.1) is 11.4 Å². The van der Waals surface area contributed by atoms with Gasteiger partial charge in [-0.15, -0.1) is 0 Å². The molecule has 1 aromatic carbocycles. The Kier molecular flexibility index (Phi) is 4.65. The van der Waals surface area contributed by atoms with Gasteiger partial charge in [0.25, 0.3) is 5.95 Å². The Balaban J connectivity index is 1.88. The normalized spacial score (nSPS) is 17.2. The topological polar surface area (TPSA) is 104 Å². The highest BCUT2D eigenvalue weighted by Gasteiger charge is 2.42. The average molecular weight is 411 g/mol. The van der Waals surface area contributed by atoms with Gasteiger partial charge in [-0.2, -0.15) is 18.2 Å². The number of hydrogen-bond donors (Lipinski definition) is 1. The van der Waals surface area contributed by atoms with Crippen molar-refractivity contribution < 1.29 is 27.2 Å². The number of hydrogen-bond acceptors (Lipinski definition) is 7. The molecule has 0 radical (unpaired) electrons. The second-order valence-electron chi connectivity index (χ2n) is 6.50. The fourth-order valence-corrected chi connectivity index (χ4v) is 3.35. The van der Waals surface area contributed by atoms with Gasteiger partial charge >= 0.3 is 17.8 Å². The van der Waals surface area contributed by atoms with Crippen LogP contribution in [-0.2, 0) is 11.3 Å². The molecule has 1 aliphatic heterocycles. The number of halogens is 3. The van der Waals surface area contributed by atoms with Crippen molar-refractivity contribution in [2.75, 3.05) is 13.1 Å². The summed E-state index contributed by atoms with van der Waals surface area (Å²) in [5.74, 6) is -2.65. The first-order valence-electron chi connectivity index (χ1n) is 8.89. The first-order chi connectivity index (χ1) is 13.8. The third kappa shape index (κ3) is 3.28. The molecule has 0 bridgehead atoms. The zero-order valence-electron chi connectivity index (χ0n) is 15.2. The van der Waals surface area contributed by atoms with E-state index in [4.69, 9.17) is 4.52 Å². The molecule has 1 unspecified atom stereocenters. The molecule has 1 atom stereocenters. The maximum atomic E-state index is 12.9. The van der Waals surface area contributed by atoms with Gasteiger partial charge in [0.15, 0.2) is 5.75 Å². The monoisotopic (exact) mass is 411 g/mol. The van der Waals surface area contributed by atoms with Crippen LogP contribution in [0.2, 0.25) is 0 Å². The summed E-state index contributed by atoms with van der Waals surface area (Å²) < 4.78 is 50.2. The van der Waals surface area contributed by atoms with Crippen LogP contribution in [0.3, 0.4) is 0 Å². The number of imidazole rings is 1. The fourth-order valence-electron chi connectivity index (χ4n) is 3.35. The molecule has 0 saturated carbocycles. The Labute approximate surface area is 161 Å². The number of nitrogens with zero attached hydrogens (tertiary/aromatic N) is 4. The summed E-state index contributed by atoms with van der Waals surface area (Å²) in [6, 6.07) is 4.09. The number of carbonyl (C=O) groups excluding carboxylic acids is 1. The Bertz CT molecular complexity index is 1120. The van der Waals surface area contributed by atoms with Crippen molar-refractivity contribution in [3.8, 4) is 11.7 Å². The molecule has 2 aromatic heterocycles. The van der Waals surface area contributed by atoms with E-state index < -0.39 is 23.6 Å². The Morgan fingerprint density at radius 1 is 1.41 bits per heavy atom. The molecule has 0 spiro atoms. The zero-order chi connectivity index (χ0) is 20.8. The molecule has 4 rings (SSSR count). The first-order valence-corrected chi connectivity index (χ1v) is 8.89. The lowest BCUT2D eigenvalue weighted by Gasteiger charge is -2.09. The number of para-hydroxylation sites is 1. The number of fused-ring (bicyclic) bond motifs is 1. The standard InChI is InChI=1S/C17H16F3N5O4/c1-2-24-10-4-3-5-11(28-14(26)17(18,19)20)12(10)25(16(24)27)15-22-13(29-23-15)9-6-7-21-8-9/h3-5,9,21H,2,6-8H2,1H3. The van der Waals surface area contributed by atoms with Crippen LogP contribution in [0, 0.1) is 0 Å². The molecule has 0 aliphatic carbocycles. The number of esters is 1. The van der Waals surface area contributed by atoms with Gasteiger partial charge in [0, 0.05) is 13.1 Å². The van der Waals surface area contributed by atoms with Crippen molar-refractivity contribution in [1.29, 1.82) is 0 Å². The number of benzene rings is 1. The molecular formula is C17H16F3N5O4. The van der Waals surface area contributed by atoms with Crippen LogP contribution < -0.4 is 15.7 Å². The summed E-state index contributed by atoms with van der Waals surface area (Å²) in [6.07, 6.45) is -4.41. The van der Waals surface area contributed by atoms with Crippen LogP contribution in [0.15, 0.2) is 27.5 Å². The zero-order valence-corrected chi connectivity index (χ0v) is 15.2. The summed E-state index contributed by atoms with van der Waals surface area (Å²) in [5, 5.41) is 6.99. The van der Waals surface area contributed by atoms with Gasteiger partial charge in [0.1, 0.15) is 5.52 Å². The van der Waals surface area contributed by atoms with Crippen LogP contribution in [-0.4, -0.2) is 44.5 Å². The second-order valence-corrected chi connectivity index (χ2v) is 6.50. The summed E-state index contributed by atoms with van der Waals surface area (Å²) in [6.45, 7) is 3.36. The van der Waals surface area contributed by atoms with E-state index in [-0.39, 0.29) is 29.4 Å². The number of nitrogens with one attached hydrogen (secondary N) is 1. The van der Waals surface area contributed by atoms with Crippen LogP contribution in [0.5, 0.6) is 5.75 Å². The van der Waals surface area contributed by atoms with Gasteiger partial charge in [0.2, 0.25) is 5.89 Å². The number of aromatic nitrogens is 4. The largest absolute Gasteiger partial charge is 0.491 e. The number of rotatable bonds is 4. The maximum Gasteiger partial charge on any atom is 0.491 e. The van der Waals surface area contributed by atoms with Crippen molar-refractivity contribution in [1.82, 2.24) is 24.6 Å². The quantitative estimate of drug-likeness (QED) is 0.515. The van der Waals surface area contributed by atoms with E-state index in [9.17, 15) is 22.8 Å². The third-order valence-corrected chi connectivity index (χ3v) is 4.71.